The molecule has 3 heteroatoms. The van der Waals surface area contributed by atoms with Crippen molar-refractivity contribution >= 4 is 11.7 Å². The van der Waals surface area contributed by atoms with Crippen LogP contribution in [0.5, 0.6) is 0 Å². The largest absolute Gasteiger partial charge is 0.338 e. The summed E-state index contributed by atoms with van der Waals surface area (Å²) in [6.07, 6.45) is 3.08. The zero-order chi connectivity index (χ0) is 11.8. The number of rotatable bonds is 5. The van der Waals surface area contributed by atoms with Crippen LogP contribution in [0.25, 0.3) is 0 Å². The summed E-state index contributed by atoms with van der Waals surface area (Å²) in [5, 5.41) is 5.64. The molecular formula is C13H20N2O. The molecule has 0 saturated carbocycles. The molecule has 0 fully saturated rings. The molecule has 0 atom stereocenters. The number of urea groups is 1. The van der Waals surface area contributed by atoms with Gasteiger partial charge in [-0.3, -0.25) is 0 Å². The van der Waals surface area contributed by atoms with Crippen LogP contribution in [0, 0.1) is 0 Å². The van der Waals surface area contributed by atoms with E-state index in [1.54, 1.807) is 0 Å². The summed E-state index contributed by atoms with van der Waals surface area (Å²) in [6, 6.07) is 7.79. The number of benzene rings is 1. The molecule has 3 nitrogen and oxygen atoms in total. The molecule has 1 aromatic carbocycles. The number of hydrogen-bond acceptors (Lipinski definition) is 1. The maximum atomic E-state index is 11.5. The highest BCUT2D eigenvalue weighted by Crippen LogP contribution is 2.10. The Balaban J connectivity index is 2.43. The summed E-state index contributed by atoms with van der Waals surface area (Å²) < 4.78 is 0. The lowest BCUT2D eigenvalue weighted by Gasteiger charge is -2.07. The molecule has 0 spiro atoms. The van der Waals surface area contributed by atoms with Crippen LogP contribution in [0.1, 0.15) is 32.3 Å². The maximum Gasteiger partial charge on any atom is 0.319 e. The number of anilines is 1. The first-order valence-electron chi connectivity index (χ1n) is 5.90. The Morgan fingerprint density at radius 3 is 2.81 bits per heavy atom. The fourth-order valence-electron chi connectivity index (χ4n) is 1.42. The predicted octanol–water partition coefficient (Wildman–Crippen LogP) is 3.17. The van der Waals surface area contributed by atoms with E-state index in [0.717, 1.165) is 31.5 Å². The maximum absolute atomic E-state index is 11.5. The molecule has 2 amide bonds. The second-order valence-electron chi connectivity index (χ2n) is 3.79. The molecule has 0 aliphatic heterocycles. The fraction of sp³-hybridized carbons (Fsp3) is 0.462. The van der Waals surface area contributed by atoms with Crippen molar-refractivity contribution in [3.63, 3.8) is 0 Å². The standard InChI is InChI=1S/C13H20N2O/c1-3-5-9-14-13(16)15-12-8-6-7-11(4-2)10-12/h6-8,10H,3-5,9H2,1-2H3,(H2,14,15,16). The van der Waals surface area contributed by atoms with Gasteiger partial charge in [-0.2, -0.15) is 0 Å². The average Bonchev–Trinajstić information content (AvgIpc) is 2.29. The van der Waals surface area contributed by atoms with Gasteiger partial charge in [-0.1, -0.05) is 32.4 Å². The molecule has 1 aromatic rings. The zero-order valence-corrected chi connectivity index (χ0v) is 10.0. The Morgan fingerprint density at radius 2 is 2.12 bits per heavy atom. The molecule has 0 radical (unpaired) electrons. The van der Waals surface area contributed by atoms with Gasteiger partial charge in [0.1, 0.15) is 0 Å². The third kappa shape index (κ3) is 4.34. The monoisotopic (exact) mass is 220 g/mol. The Hall–Kier alpha value is -1.51. The molecule has 0 bridgehead atoms. The summed E-state index contributed by atoms with van der Waals surface area (Å²) >= 11 is 0. The van der Waals surface area contributed by atoms with Crippen molar-refractivity contribution in [2.75, 3.05) is 11.9 Å². The highest BCUT2D eigenvalue weighted by atomic mass is 16.2. The Morgan fingerprint density at radius 1 is 1.31 bits per heavy atom. The van der Waals surface area contributed by atoms with Gasteiger partial charge in [0.05, 0.1) is 0 Å². The van der Waals surface area contributed by atoms with E-state index in [9.17, 15) is 4.79 Å². The van der Waals surface area contributed by atoms with Gasteiger partial charge in [-0.25, -0.2) is 4.79 Å². The van der Waals surface area contributed by atoms with Crippen LogP contribution in [0.15, 0.2) is 24.3 Å². The molecule has 16 heavy (non-hydrogen) atoms. The minimum atomic E-state index is -0.123. The smallest absolute Gasteiger partial charge is 0.319 e. The molecular weight excluding hydrogens is 200 g/mol. The fourth-order valence-corrected chi connectivity index (χ4v) is 1.42. The third-order valence-electron chi connectivity index (χ3n) is 2.41. The van der Waals surface area contributed by atoms with E-state index in [4.69, 9.17) is 0 Å². The van der Waals surface area contributed by atoms with Crippen LogP contribution in [0.3, 0.4) is 0 Å². The van der Waals surface area contributed by atoms with Gasteiger partial charge in [0.2, 0.25) is 0 Å². The van der Waals surface area contributed by atoms with Crippen molar-refractivity contribution < 1.29 is 4.79 Å². The van der Waals surface area contributed by atoms with Crippen molar-refractivity contribution in [3.05, 3.63) is 29.8 Å². The topological polar surface area (TPSA) is 41.1 Å². The van der Waals surface area contributed by atoms with Gasteiger partial charge in [-0.15, -0.1) is 0 Å². The Labute approximate surface area is 97.2 Å². The van der Waals surface area contributed by atoms with Crippen molar-refractivity contribution in [1.29, 1.82) is 0 Å². The second kappa shape index (κ2) is 6.88. The van der Waals surface area contributed by atoms with E-state index >= 15 is 0 Å². The normalized spacial score (nSPS) is 9.88. The van der Waals surface area contributed by atoms with E-state index < -0.39 is 0 Å². The van der Waals surface area contributed by atoms with Gasteiger partial charge in [0.15, 0.2) is 0 Å². The number of unbranched alkanes of at least 4 members (excludes halogenated alkanes) is 1. The number of carbonyl (C=O) groups is 1. The average molecular weight is 220 g/mol. The SMILES string of the molecule is CCCCNC(=O)Nc1cccc(CC)c1. The van der Waals surface area contributed by atoms with Crippen LogP contribution in [0.2, 0.25) is 0 Å². The van der Waals surface area contributed by atoms with Crippen LogP contribution in [-0.2, 0) is 6.42 Å². The van der Waals surface area contributed by atoms with Gasteiger partial charge in [0.25, 0.3) is 0 Å². The minimum Gasteiger partial charge on any atom is -0.338 e. The molecule has 0 unspecified atom stereocenters. The molecule has 0 heterocycles. The number of hydrogen-bond donors (Lipinski definition) is 2. The van der Waals surface area contributed by atoms with E-state index in [2.05, 4.69) is 30.5 Å². The number of nitrogens with one attached hydrogen (secondary N) is 2. The van der Waals surface area contributed by atoms with Gasteiger partial charge in [0, 0.05) is 12.2 Å². The summed E-state index contributed by atoms with van der Waals surface area (Å²) in [4.78, 5) is 11.5. The van der Waals surface area contributed by atoms with Crippen LogP contribution in [0.4, 0.5) is 10.5 Å². The van der Waals surface area contributed by atoms with E-state index in [1.807, 2.05) is 18.2 Å². The van der Waals surface area contributed by atoms with Gasteiger partial charge < -0.3 is 10.6 Å². The molecule has 0 aliphatic rings. The van der Waals surface area contributed by atoms with E-state index in [-0.39, 0.29) is 6.03 Å². The summed E-state index contributed by atoms with van der Waals surface area (Å²) in [5.74, 6) is 0. The second-order valence-corrected chi connectivity index (χ2v) is 3.79. The summed E-state index contributed by atoms with van der Waals surface area (Å²) in [6.45, 7) is 4.93. The predicted molar refractivity (Wildman–Crippen MR) is 67.7 cm³/mol. The highest BCUT2D eigenvalue weighted by Gasteiger charge is 2.00. The minimum absolute atomic E-state index is 0.123. The highest BCUT2D eigenvalue weighted by molar-refractivity contribution is 5.89. The van der Waals surface area contributed by atoms with Crippen molar-refractivity contribution in [2.45, 2.75) is 33.1 Å². The van der Waals surface area contributed by atoms with Crippen LogP contribution in [-0.4, -0.2) is 12.6 Å². The van der Waals surface area contributed by atoms with Crippen molar-refractivity contribution in [2.24, 2.45) is 0 Å². The first-order chi connectivity index (χ1) is 7.76. The Bertz CT molecular complexity index is 336. The molecule has 2 N–H and O–H groups in total. The number of amides is 2. The summed E-state index contributed by atoms with van der Waals surface area (Å²) in [7, 11) is 0. The van der Waals surface area contributed by atoms with Gasteiger partial charge in [-0.05, 0) is 30.5 Å². The Kier molecular flexibility index (Phi) is 5.40. The quantitative estimate of drug-likeness (QED) is 0.735. The molecule has 88 valence electrons. The van der Waals surface area contributed by atoms with Crippen molar-refractivity contribution in [1.82, 2.24) is 5.32 Å². The number of aryl methyl sites for hydroxylation is 1. The number of carbonyl (C=O) groups excluding carboxylic acids is 1. The first kappa shape index (κ1) is 12.6. The van der Waals surface area contributed by atoms with Crippen LogP contribution >= 0.6 is 0 Å². The first-order valence-corrected chi connectivity index (χ1v) is 5.90. The molecule has 1 rings (SSSR count). The molecule has 0 aromatic heterocycles. The lowest BCUT2D eigenvalue weighted by molar-refractivity contribution is 0.252. The lowest BCUT2D eigenvalue weighted by Crippen LogP contribution is -2.29. The van der Waals surface area contributed by atoms with E-state index in [1.165, 1.54) is 5.56 Å². The van der Waals surface area contributed by atoms with Gasteiger partial charge >= 0.3 is 6.03 Å². The third-order valence-corrected chi connectivity index (χ3v) is 2.41. The lowest BCUT2D eigenvalue weighted by atomic mass is 10.1. The summed E-state index contributed by atoms with van der Waals surface area (Å²) in [5.41, 5.74) is 2.08. The molecule has 0 saturated heterocycles. The van der Waals surface area contributed by atoms with Crippen molar-refractivity contribution in [3.8, 4) is 0 Å². The van der Waals surface area contributed by atoms with Crippen LogP contribution < -0.4 is 10.6 Å². The zero-order valence-electron chi connectivity index (χ0n) is 10.0. The van der Waals surface area contributed by atoms with E-state index in [0.29, 0.717) is 0 Å². The molecule has 0 aliphatic carbocycles.